The molecule has 3 atom stereocenters. The number of halogens is 3. The van der Waals surface area contributed by atoms with Crippen molar-refractivity contribution in [2.75, 3.05) is 0 Å². The first-order valence-electron chi connectivity index (χ1n) is 4.21. The summed E-state index contributed by atoms with van der Waals surface area (Å²) >= 11 is 0. The van der Waals surface area contributed by atoms with E-state index in [0.29, 0.717) is 6.42 Å². The summed E-state index contributed by atoms with van der Waals surface area (Å²) in [6, 6.07) is 0. The summed E-state index contributed by atoms with van der Waals surface area (Å²) in [5.41, 5.74) is 0. The fraction of sp³-hybridized carbons (Fsp3) is 1.00. The number of hydrogen-bond donors (Lipinski definition) is 1. The molecule has 0 saturated carbocycles. The van der Waals surface area contributed by atoms with Crippen molar-refractivity contribution in [2.24, 2.45) is 11.8 Å². The SMILES string of the molecule is CCC(C)C(OO)C(C)C(F)(F)F. The predicted molar refractivity (Wildman–Crippen MR) is 42.2 cm³/mol. The van der Waals surface area contributed by atoms with Crippen LogP contribution in [-0.4, -0.2) is 17.5 Å². The third-order valence-electron chi connectivity index (χ3n) is 2.34. The van der Waals surface area contributed by atoms with Gasteiger partial charge in [-0.1, -0.05) is 27.2 Å². The van der Waals surface area contributed by atoms with E-state index in [1.807, 2.05) is 0 Å². The van der Waals surface area contributed by atoms with E-state index in [2.05, 4.69) is 4.89 Å². The second-order valence-corrected chi connectivity index (χ2v) is 3.29. The van der Waals surface area contributed by atoms with E-state index in [-0.39, 0.29) is 5.92 Å². The lowest BCUT2D eigenvalue weighted by Gasteiger charge is -2.27. The van der Waals surface area contributed by atoms with Gasteiger partial charge in [0.05, 0.1) is 5.92 Å². The molecule has 0 rings (SSSR count). The molecule has 0 aliphatic carbocycles. The fourth-order valence-corrected chi connectivity index (χ4v) is 1.11. The smallest absolute Gasteiger partial charge is 0.252 e. The Labute approximate surface area is 75.6 Å². The van der Waals surface area contributed by atoms with Gasteiger partial charge in [0.15, 0.2) is 0 Å². The topological polar surface area (TPSA) is 29.5 Å². The number of hydrogen-bond acceptors (Lipinski definition) is 2. The van der Waals surface area contributed by atoms with Crippen molar-refractivity contribution in [1.29, 1.82) is 0 Å². The summed E-state index contributed by atoms with van der Waals surface area (Å²) in [5.74, 6) is -1.96. The van der Waals surface area contributed by atoms with Crippen molar-refractivity contribution < 1.29 is 23.3 Å². The molecule has 0 aromatic carbocycles. The molecular weight excluding hydrogens is 185 g/mol. The van der Waals surface area contributed by atoms with Crippen LogP contribution in [0.5, 0.6) is 0 Å². The monoisotopic (exact) mass is 200 g/mol. The molecule has 5 heteroatoms. The van der Waals surface area contributed by atoms with E-state index in [0.717, 1.165) is 6.92 Å². The molecule has 0 heterocycles. The largest absolute Gasteiger partial charge is 0.394 e. The van der Waals surface area contributed by atoms with Gasteiger partial charge in [0.25, 0.3) is 0 Å². The number of rotatable bonds is 4. The van der Waals surface area contributed by atoms with Crippen LogP contribution in [0.3, 0.4) is 0 Å². The summed E-state index contributed by atoms with van der Waals surface area (Å²) in [6.45, 7) is 4.37. The van der Waals surface area contributed by atoms with Gasteiger partial charge in [-0.15, -0.1) is 0 Å². The van der Waals surface area contributed by atoms with E-state index in [1.165, 1.54) is 0 Å². The molecule has 0 fully saturated rings. The van der Waals surface area contributed by atoms with Crippen LogP contribution in [0, 0.1) is 11.8 Å². The van der Waals surface area contributed by atoms with Crippen LogP contribution in [0.1, 0.15) is 27.2 Å². The normalized spacial score (nSPS) is 19.6. The Hall–Kier alpha value is -0.290. The molecule has 0 saturated heterocycles. The van der Waals surface area contributed by atoms with Gasteiger partial charge in [-0.25, -0.2) is 4.89 Å². The van der Waals surface area contributed by atoms with E-state index in [9.17, 15) is 13.2 Å². The van der Waals surface area contributed by atoms with Crippen LogP contribution in [0.25, 0.3) is 0 Å². The third-order valence-corrected chi connectivity index (χ3v) is 2.34. The van der Waals surface area contributed by atoms with Crippen LogP contribution in [0.2, 0.25) is 0 Å². The highest BCUT2D eigenvalue weighted by atomic mass is 19.4. The van der Waals surface area contributed by atoms with Crippen LogP contribution in [0.4, 0.5) is 13.2 Å². The third kappa shape index (κ3) is 3.52. The predicted octanol–water partition coefficient (Wildman–Crippen LogP) is 3.09. The molecule has 0 bridgehead atoms. The van der Waals surface area contributed by atoms with Crippen molar-refractivity contribution in [3.8, 4) is 0 Å². The maximum absolute atomic E-state index is 12.2. The average molecular weight is 200 g/mol. The lowest BCUT2D eigenvalue weighted by Crippen LogP contribution is -2.37. The zero-order chi connectivity index (χ0) is 10.6. The van der Waals surface area contributed by atoms with Crippen molar-refractivity contribution in [3.05, 3.63) is 0 Å². The van der Waals surface area contributed by atoms with Gasteiger partial charge in [0.1, 0.15) is 6.10 Å². The molecule has 0 aromatic rings. The zero-order valence-electron chi connectivity index (χ0n) is 7.93. The Morgan fingerprint density at radius 1 is 1.31 bits per heavy atom. The first kappa shape index (κ1) is 12.7. The first-order chi connectivity index (χ1) is 5.84. The van der Waals surface area contributed by atoms with E-state index >= 15 is 0 Å². The van der Waals surface area contributed by atoms with Crippen molar-refractivity contribution >= 4 is 0 Å². The molecule has 2 nitrogen and oxygen atoms in total. The van der Waals surface area contributed by atoms with Crippen molar-refractivity contribution in [3.63, 3.8) is 0 Å². The molecule has 0 aliphatic heterocycles. The van der Waals surface area contributed by atoms with Crippen molar-refractivity contribution in [1.82, 2.24) is 0 Å². The molecule has 3 unspecified atom stereocenters. The minimum atomic E-state index is -4.32. The Kier molecular flexibility index (Phi) is 4.70. The quantitative estimate of drug-likeness (QED) is 0.558. The van der Waals surface area contributed by atoms with Gasteiger partial charge in [-0.2, -0.15) is 13.2 Å². The summed E-state index contributed by atoms with van der Waals surface area (Å²) < 4.78 is 36.6. The van der Waals surface area contributed by atoms with Crippen LogP contribution in [-0.2, 0) is 4.89 Å². The molecule has 1 N–H and O–H groups in total. The Morgan fingerprint density at radius 2 is 1.77 bits per heavy atom. The summed E-state index contributed by atoms with van der Waals surface area (Å²) in [7, 11) is 0. The number of alkyl halides is 3. The highest BCUT2D eigenvalue weighted by Crippen LogP contribution is 2.33. The van der Waals surface area contributed by atoms with Gasteiger partial charge in [-0.05, 0) is 5.92 Å². The highest BCUT2D eigenvalue weighted by Gasteiger charge is 2.43. The minimum absolute atomic E-state index is 0.318. The van der Waals surface area contributed by atoms with E-state index < -0.39 is 18.2 Å². The van der Waals surface area contributed by atoms with Gasteiger partial charge in [0.2, 0.25) is 0 Å². The first-order valence-corrected chi connectivity index (χ1v) is 4.21. The summed E-state index contributed by atoms with van der Waals surface area (Å²) in [5, 5.41) is 8.36. The molecule has 0 radical (unpaired) electrons. The maximum Gasteiger partial charge on any atom is 0.394 e. The average Bonchev–Trinajstić information content (AvgIpc) is 2.03. The Balaban J connectivity index is 4.40. The van der Waals surface area contributed by atoms with E-state index in [1.54, 1.807) is 13.8 Å². The molecule has 0 spiro atoms. The fourth-order valence-electron chi connectivity index (χ4n) is 1.11. The van der Waals surface area contributed by atoms with E-state index in [4.69, 9.17) is 5.26 Å². The second kappa shape index (κ2) is 4.81. The zero-order valence-corrected chi connectivity index (χ0v) is 7.93. The minimum Gasteiger partial charge on any atom is -0.252 e. The standard InChI is InChI=1S/C8H15F3O2/c1-4-5(2)7(13-12)6(3)8(9,10)11/h5-7,12H,4H2,1-3H3. The Bertz CT molecular complexity index is 147. The van der Waals surface area contributed by atoms with Gasteiger partial charge in [-0.3, -0.25) is 5.26 Å². The van der Waals surface area contributed by atoms with Gasteiger partial charge >= 0.3 is 6.18 Å². The molecular formula is C8H15F3O2. The molecule has 13 heavy (non-hydrogen) atoms. The molecule has 0 amide bonds. The summed E-state index contributed by atoms with van der Waals surface area (Å²) in [6.07, 6.45) is -4.97. The van der Waals surface area contributed by atoms with Gasteiger partial charge in [0, 0.05) is 0 Å². The second-order valence-electron chi connectivity index (χ2n) is 3.29. The maximum atomic E-state index is 12.2. The van der Waals surface area contributed by atoms with Gasteiger partial charge < -0.3 is 0 Å². The molecule has 0 aromatic heterocycles. The Morgan fingerprint density at radius 3 is 2.00 bits per heavy atom. The van der Waals surface area contributed by atoms with Crippen molar-refractivity contribution in [2.45, 2.75) is 39.5 Å². The summed E-state index contributed by atoms with van der Waals surface area (Å²) in [4.78, 5) is 3.87. The molecule has 80 valence electrons. The van der Waals surface area contributed by atoms with Crippen LogP contribution in [0.15, 0.2) is 0 Å². The highest BCUT2D eigenvalue weighted by molar-refractivity contribution is 4.76. The lowest BCUT2D eigenvalue weighted by atomic mass is 9.91. The lowest BCUT2D eigenvalue weighted by molar-refractivity contribution is -0.327. The molecule has 0 aliphatic rings. The van der Waals surface area contributed by atoms with Crippen LogP contribution < -0.4 is 0 Å². The van der Waals surface area contributed by atoms with Crippen LogP contribution >= 0.6 is 0 Å².